The van der Waals surface area contributed by atoms with Crippen LogP contribution in [0.15, 0.2) is 24.3 Å². The van der Waals surface area contributed by atoms with Gasteiger partial charge in [-0.25, -0.2) is 0 Å². The fourth-order valence-corrected chi connectivity index (χ4v) is 4.89. The van der Waals surface area contributed by atoms with Gasteiger partial charge in [0.25, 0.3) is 5.91 Å². The van der Waals surface area contributed by atoms with E-state index in [9.17, 15) is 9.90 Å². The summed E-state index contributed by atoms with van der Waals surface area (Å²) in [5.74, 6) is 0.840. The number of rotatable bonds is 7. The molecule has 6 nitrogen and oxygen atoms in total. The van der Waals surface area contributed by atoms with Crippen LogP contribution in [-0.2, 0) is 11.3 Å². The maximum absolute atomic E-state index is 12.1. The molecule has 2 atom stereocenters. The van der Waals surface area contributed by atoms with Crippen LogP contribution < -0.4 is 4.74 Å². The molecule has 28 heavy (non-hydrogen) atoms. The van der Waals surface area contributed by atoms with E-state index in [1.807, 2.05) is 17.0 Å². The second-order valence-corrected chi connectivity index (χ2v) is 8.41. The fraction of sp³-hybridized carbons (Fsp3) is 0.682. The van der Waals surface area contributed by atoms with E-state index in [1.54, 1.807) is 0 Å². The van der Waals surface area contributed by atoms with Crippen molar-refractivity contribution in [2.45, 2.75) is 50.7 Å². The van der Waals surface area contributed by atoms with Crippen molar-refractivity contribution in [3.8, 4) is 5.75 Å². The lowest BCUT2D eigenvalue weighted by Crippen LogP contribution is -2.55. The quantitative estimate of drug-likeness (QED) is 0.772. The molecule has 0 saturated carbocycles. The summed E-state index contributed by atoms with van der Waals surface area (Å²) in [5.41, 5.74) is 1.26. The molecule has 3 aliphatic heterocycles. The van der Waals surface area contributed by atoms with Crippen molar-refractivity contribution >= 4 is 5.91 Å². The number of nitrogens with zero attached hydrogens (tertiary/aromatic N) is 3. The van der Waals surface area contributed by atoms with Crippen LogP contribution >= 0.6 is 0 Å². The first-order chi connectivity index (χ1) is 13.7. The molecule has 3 saturated heterocycles. The minimum absolute atomic E-state index is 0.0860. The molecule has 3 heterocycles. The van der Waals surface area contributed by atoms with E-state index in [4.69, 9.17) is 4.74 Å². The van der Waals surface area contributed by atoms with E-state index in [1.165, 1.54) is 24.9 Å². The molecule has 0 spiro atoms. The highest BCUT2D eigenvalue weighted by Gasteiger charge is 2.35. The highest BCUT2D eigenvalue weighted by Crippen LogP contribution is 2.27. The summed E-state index contributed by atoms with van der Waals surface area (Å²) in [6.07, 6.45) is 5.63. The molecular formula is C22H33N3O3. The number of amides is 1. The van der Waals surface area contributed by atoms with Crippen molar-refractivity contribution in [2.24, 2.45) is 0 Å². The van der Waals surface area contributed by atoms with Crippen LogP contribution in [0, 0.1) is 0 Å². The number of ether oxygens (including phenoxy) is 1. The first-order valence-electron chi connectivity index (χ1n) is 10.8. The van der Waals surface area contributed by atoms with Crippen LogP contribution in [0.5, 0.6) is 5.75 Å². The van der Waals surface area contributed by atoms with Gasteiger partial charge < -0.3 is 14.7 Å². The summed E-state index contributed by atoms with van der Waals surface area (Å²) >= 11 is 0. The Morgan fingerprint density at radius 3 is 2.61 bits per heavy atom. The summed E-state index contributed by atoms with van der Waals surface area (Å²) in [5, 5.41) is 9.47. The lowest BCUT2D eigenvalue weighted by atomic mass is 10.0. The molecule has 1 aromatic carbocycles. The minimum atomic E-state index is 0.0860. The third-order valence-corrected chi connectivity index (χ3v) is 6.50. The zero-order chi connectivity index (χ0) is 19.3. The maximum atomic E-state index is 12.1. The van der Waals surface area contributed by atoms with Crippen molar-refractivity contribution in [3.63, 3.8) is 0 Å². The average molecular weight is 388 g/mol. The van der Waals surface area contributed by atoms with E-state index >= 15 is 0 Å². The molecule has 3 fully saturated rings. The zero-order valence-electron chi connectivity index (χ0n) is 16.8. The topological polar surface area (TPSA) is 56.3 Å². The first-order valence-corrected chi connectivity index (χ1v) is 10.8. The van der Waals surface area contributed by atoms with Crippen LogP contribution in [0.3, 0.4) is 0 Å². The normalized spacial score (nSPS) is 25.8. The van der Waals surface area contributed by atoms with Gasteiger partial charge in [-0.15, -0.1) is 0 Å². The summed E-state index contributed by atoms with van der Waals surface area (Å²) in [4.78, 5) is 19.1. The molecule has 0 aromatic heterocycles. The van der Waals surface area contributed by atoms with E-state index in [0.29, 0.717) is 12.1 Å². The summed E-state index contributed by atoms with van der Waals surface area (Å²) in [6, 6.07) is 9.25. The van der Waals surface area contributed by atoms with Crippen molar-refractivity contribution < 1.29 is 14.6 Å². The number of carbonyl (C=O) groups is 1. The predicted molar refractivity (Wildman–Crippen MR) is 108 cm³/mol. The molecule has 0 radical (unpaired) electrons. The molecule has 4 rings (SSSR count). The number of hydrogen-bond donors (Lipinski definition) is 1. The van der Waals surface area contributed by atoms with Gasteiger partial charge in [0.1, 0.15) is 5.75 Å². The Morgan fingerprint density at radius 1 is 1.07 bits per heavy atom. The Labute approximate surface area is 168 Å². The number of aliphatic hydroxyl groups is 1. The summed E-state index contributed by atoms with van der Waals surface area (Å²) in [7, 11) is 0. The van der Waals surface area contributed by atoms with E-state index in [-0.39, 0.29) is 19.1 Å². The lowest BCUT2D eigenvalue weighted by Gasteiger charge is -2.43. The largest absolute Gasteiger partial charge is 0.484 e. The van der Waals surface area contributed by atoms with Gasteiger partial charge in [0.2, 0.25) is 0 Å². The number of fused-ring (bicyclic) bond motifs is 1. The van der Waals surface area contributed by atoms with E-state index < -0.39 is 0 Å². The van der Waals surface area contributed by atoms with Gasteiger partial charge >= 0.3 is 0 Å². The Hall–Kier alpha value is -1.63. The Balaban J connectivity index is 1.31. The standard InChI is InChI=1S/C22H33N3O3/c26-13-9-20-15-24-12-3-4-19(24)16-25(20)14-18-5-7-21(8-6-18)28-17-22(27)23-10-1-2-11-23/h5-8,19-20,26H,1-4,9-17H2/t19?,20-/m0/s1. The van der Waals surface area contributed by atoms with Crippen molar-refractivity contribution in [3.05, 3.63) is 29.8 Å². The Bertz CT molecular complexity index is 645. The number of hydrogen-bond acceptors (Lipinski definition) is 5. The second-order valence-electron chi connectivity index (χ2n) is 8.41. The van der Waals surface area contributed by atoms with Crippen molar-refractivity contribution in [1.82, 2.24) is 14.7 Å². The molecule has 1 amide bonds. The van der Waals surface area contributed by atoms with Crippen LogP contribution in [0.4, 0.5) is 0 Å². The second kappa shape index (κ2) is 9.25. The molecule has 154 valence electrons. The molecule has 1 aromatic rings. The smallest absolute Gasteiger partial charge is 0.260 e. The third kappa shape index (κ3) is 4.67. The SMILES string of the molecule is O=C(COc1ccc(CN2CC3CCCN3C[C@@H]2CCO)cc1)N1CCCC1. The average Bonchev–Trinajstić information content (AvgIpc) is 3.39. The molecule has 1 unspecified atom stereocenters. The van der Waals surface area contributed by atoms with Crippen LogP contribution in [0.1, 0.15) is 37.7 Å². The van der Waals surface area contributed by atoms with Crippen molar-refractivity contribution in [2.75, 3.05) is 45.9 Å². The third-order valence-electron chi connectivity index (χ3n) is 6.50. The van der Waals surface area contributed by atoms with Gasteiger partial charge in [-0.3, -0.25) is 14.6 Å². The monoisotopic (exact) mass is 387 g/mol. The van der Waals surface area contributed by atoms with Crippen molar-refractivity contribution in [1.29, 1.82) is 0 Å². The Morgan fingerprint density at radius 2 is 1.86 bits per heavy atom. The molecule has 0 bridgehead atoms. The molecular weight excluding hydrogens is 354 g/mol. The minimum Gasteiger partial charge on any atom is -0.484 e. The van der Waals surface area contributed by atoms with Crippen LogP contribution in [0.2, 0.25) is 0 Å². The number of carbonyl (C=O) groups excluding carboxylic acids is 1. The molecule has 0 aliphatic carbocycles. The fourth-order valence-electron chi connectivity index (χ4n) is 4.89. The summed E-state index contributed by atoms with van der Waals surface area (Å²) in [6.45, 7) is 6.39. The van der Waals surface area contributed by atoms with Crippen LogP contribution in [0.25, 0.3) is 0 Å². The Kier molecular flexibility index (Phi) is 6.50. The number of piperazine rings is 1. The zero-order valence-corrected chi connectivity index (χ0v) is 16.8. The van der Waals surface area contributed by atoms with Gasteiger partial charge in [-0.2, -0.15) is 0 Å². The molecule has 1 N–H and O–H groups in total. The highest BCUT2D eigenvalue weighted by atomic mass is 16.5. The predicted octanol–water partition coefficient (Wildman–Crippen LogP) is 1.72. The highest BCUT2D eigenvalue weighted by molar-refractivity contribution is 5.78. The van der Waals surface area contributed by atoms with E-state index in [0.717, 1.165) is 57.7 Å². The number of benzene rings is 1. The molecule has 3 aliphatic rings. The van der Waals surface area contributed by atoms with E-state index in [2.05, 4.69) is 21.9 Å². The summed E-state index contributed by atoms with van der Waals surface area (Å²) < 4.78 is 5.70. The number of aliphatic hydroxyl groups excluding tert-OH is 1. The van der Waals surface area contributed by atoms with Gasteiger partial charge in [0, 0.05) is 51.4 Å². The van der Waals surface area contributed by atoms with Gasteiger partial charge in [-0.1, -0.05) is 12.1 Å². The van der Waals surface area contributed by atoms with Gasteiger partial charge in [0.15, 0.2) is 6.61 Å². The molecule has 6 heteroatoms. The maximum Gasteiger partial charge on any atom is 0.260 e. The lowest BCUT2D eigenvalue weighted by molar-refractivity contribution is -0.132. The van der Waals surface area contributed by atoms with Gasteiger partial charge in [0.05, 0.1) is 0 Å². The van der Waals surface area contributed by atoms with Gasteiger partial charge in [-0.05, 0) is 56.3 Å². The first kappa shape index (κ1) is 19.7. The van der Waals surface area contributed by atoms with Crippen LogP contribution in [-0.4, -0.2) is 83.7 Å². The number of likely N-dealkylation sites (tertiary alicyclic amines) is 1.